The van der Waals surface area contributed by atoms with Gasteiger partial charge >= 0.3 is 5.97 Å². The van der Waals surface area contributed by atoms with Gasteiger partial charge < -0.3 is 23.7 Å². The number of nitrogens with one attached hydrogen (secondary N) is 1. The van der Waals surface area contributed by atoms with Gasteiger partial charge in [-0.1, -0.05) is 24.3 Å². The van der Waals surface area contributed by atoms with Crippen molar-refractivity contribution < 1.29 is 33.3 Å². The van der Waals surface area contributed by atoms with Gasteiger partial charge in [0.25, 0.3) is 5.91 Å². The van der Waals surface area contributed by atoms with Gasteiger partial charge in [-0.05, 0) is 42.5 Å². The quantitative estimate of drug-likeness (QED) is 0.278. The average Bonchev–Trinajstić information content (AvgIpc) is 3.32. The molecule has 0 aromatic heterocycles. The predicted molar refractivity (Wildman–Crippen MR) is 116 cm³/mol. The fraction of sp³-hybridized carbons (Fsp3) is 0.125. The van der Waals surface area contributed by atoms with Crippen LogP contribution in [0.4, 0.5) is 0 Å². The van der Waals surface area contributed by atoms with Crippen LogP contribution in [0.3, 0.4) is 0 Å². The van der Waals surface area contributed by atoms with Crippen LogP contribution in [0.5, 0.6) is 28.7 Å². The van der Waals surface area contributed by atoms with Gasteiger partial charge in [0.1, 0.15) is 12.4 Å². The Morgan fingerprint density at radius 3 is 2.58 bits per heavy atom. The highest BCUT2D eigenvalue weighted by molar-refractivity contribution is 5.94. The second-order valence-corrected chi connectivity index (χ2v) is 7.09. The van der Waals surface area contributed by atoms with Crippen molar-refractivity contribution >= 4 is 18.1 Å². The molecule has 5 rings (SSSR count). The van der Waals surface area contributed by atoms with Crippen LogP contribution in [0.2, 0.25) is 0 Å². The molecule has 0 saturated heterocycles. The molecule has 0 aliphatic carbocycles. The maximum absolute atomic E-state index is 12.6. The summed E-state index contributed by atoms with van der Waals surface area (Å²) in [6.45, 7) is 0.186. The number of rotatable bonds is 5. The Morgan fingerprint density at radius 2 is 1.67 bits per heavy atom. The van der Waals surface area contributed by atoms with E-state index in [2.05, 4.69) is 10.5 Å². The summed E-state index contributed by atoms with van der Waals surface area (Å²) >= 11 is 0. The third-order valence-corrected chi connectivity index (χ3v) is 4.91. The minimum atomic E-state index is -0.837. The highest BCUT2D eigenvalue weighted by Gasteiger charge is 2.27. The first kappa shape index (κ1) is 20.4. The normalized spacial score (nSPS) is 15.8. The van der Waals surface area contributed by atoms with Crippen LogP contribution in [0, 0.1) is 0 Å². The largest absolute Gasteiger partial charge is 0.485 e. The van der Waals surface area contributed by atoms with Crippen LogP contribution in [-0.2, 0) is 4.79 Å². The van der Waals surface area contributed by atoms with E-state index in [0.717, 1.165) is 0 Å². The second kappa shape index (κ2) is 8.91. The van der Waals surface area contributed by atoms with Crippen LogP contribution < -0.4 is 29.1 Å². The Labute approximate surface area is 188 Å². The average molecular weight is 446 g/mol. The van der Waals surface area contributed by atoms with Crippen molar-refractivity contribution in [3.8, 4) is 28.7 Å². The number of ether oxygens (including phenoxy) is 5. The number of hydrazone groups is 1. The summed E-state index contributed by atoms with van der Waals surface area (Å²) in [5.41, 5.74) is 3.24. The molecule has 0 unspecified atom stereocenters. The van der Waals surface area contributed by atoms with Gasteiger partial charge in [0, 0.05) is 5.56 Å². The topological polar surface area (TPSA) is 105 Å². The zero-order chi connectivity index (χ0) is 22.6. The molecule has 166 valence electrons. The number of para-hydroxylation sites is 3. The third kappa shape index (κ3) is 4.42. The zero-order valence-electron chi connectivity index (χ0n) is 17.2. The van der Waals surface area contributed by atoms with Gasteiger partial charge in [-0.3, -0.25) is 4.79 Å². The molecule has 3 aromatic rings. The Bertz CT molecular complexity index is 1240. The van der Waals surface area contributed by atoms with Crippen LogP contribution in [-0.4, -0.2) is 37.6 Å². The molecule has 33 heavy (non-hydrogen) atoms. The van der Waals surface area contributed by atoms with E-state index in [4.69, 9.17) is 23.7 Å². The predicted octanol–water partition coefficient (Wildman–Crippen LogP) is 2.92. The number of benzene rings is 3. The maximum Gasteiger partial charge on any atom is 0.343 e. The molecule has 2 heterocycles. The lowest BCUT2D eigenvalue weighted by atomic mass is 10.2. The van der Waals surface area contributed by atoms with E-state index >= 15 is 0 Å². The van der Waals surface area contributed by atoms with Crippen molar-refractivity contribution in [2.75, 3.05) is 13.4 Å². The van der Waals surface area contributed by atoms with Crippen molar-refractivity contribution in [2.45, 2.75) is 6.10 Å². The zero-order valence-corrected chi connectivity index (χ0v) is 17.2. The third-order valence-electron chi connectivity index (χ3n) is 4.91. The van der Waals surface area contributed by atoms with E-state index in [1.165, 1.54) is 6.21 Å². The molecular weight excluding hydrogens is 428 g/mol. The molecule has 1 amide bonds. The standard InChI is InChI=1S/C24H18N2O7/c27-23(22-13-29-18-7-3-4-8-20(18)32-22)26-25-12-16-5-1-2-6-17(16)33-24(28)15-9-10-19-21(11-15)31-14-30-19/h1-12,22H,13-14H2,(H,26,27)/t22-/m0/s1. The first-order valence-electron chi connectivity index (χ1n) is 10.1. The summed E-state index contributed by atoms with van der Waals surface area (Å²) < 4.78 is 27.3. The Balaban J connectivity index is 1.23. The number of carbonyl (C=O) groups excluding carboxylic acids is 2. The molecule has 0 spiro atoms. The Hall–Kier alpha value is -4.53. The summed E-state index contributed by atoms with van der Waals surface area (Å²) in [5, 5.41) is 3.97. The molecular formula is C24H18N2O7. The Morgan fingerprint density at radius 1 is 0.909 bits per heavy atom. The SMILES string of the molecule is O=C(Oc1ccccc1C=NNC(=O)[C@@H]1COc2ccccc2O1)c1ccc2c(c1)OCO2. The molecule has 0 bridgehead atoms. The van der Waals surface area contributed by atoms with Gasteiger partial charge in [0.15, 0.2) is 23.0 Å². The molecule has 9 heteroatoms. The summed E-state index contributed by atoms with van der Waals surface area (Å²) in [7, 11) is 0. The molecule has 0 fully saturated rings. The second-order valence-electron chi connectivity index (χ2n) is 7.09. The van der Waals surface area contributed by atoms with E-state index in [9.17, 15) is 9.59 Å². The minimum absolute atomic E-state index is 0.0715. The molecule has 3 aromatic carbocycles. The summed E-state index contributed by atoms with van der Waals surface area (Å²) in [4.78, 5) is 25.0. The van der Waals surface area contributed by atoms with Gasteiger partial charge in [0.2, 0.25) is 12.9 Å². The number of fused-ring (bicyclic) bond motifs is 2. The molecule has 2 aliphatic rings. The van der Waals surface area contributed by atoms with Crippen molar-refractivity contribution in [3.05, 3.63) is 77.9 Å². The summed E-state index contributed by atoms with van der Waals surface area (Å²) in [6.07, 6.45) is 0.550. The van der Waals surface area contributed by atoms with Crippen LogP contribution >= 0.6 is 0 Å². The fourth-order valence-corrected chi connectivity index (χ4v) is 3.25. The van der Waals surface area contributed by atoms with Gasteiger partial charge in [0.05, 0.1) is 11.8 Å². The number of nitrogens with zero attached hydrogens (tertiary/aromatic N) is 1. The Kier molecular flexibility index (Phi) is 5.50. The van der Waals surface area contributed by atoms with Gasteiger partial charge in [-0.15, -0.1) is 0 Å². The number of esters is 1. The lowest BCUT2D eigenvalue weighted by molar-refractivity contribution is -0.130. The smallest absolute Gasteiger partial charge is 0.343 e. The molecule has 1 atom stereocenters. The molecule has 9 nitrogen and oxygen atoms in total. The van der Waals surface area contributed by atoms with E-state index in [1.807, 2.05) is 6.07 Å². The van der Waals surface area contributed by atoms with Gasteiger partial charge in [-0.25, -0.2) is 10.2 Å². The first-order chi connectivity index (χ1) is 16.2. The minimum Gasteiger partial charge on any atom is -0.485 e. The molecule has 2 aliphatic heterocycles. The monoisotopic (exact) mass is 446 g/mol. The van der Waals surface area contributed by atoms with Crippen molar-refractivity contribution in [2.24, 2.45) is 5.10 Å². The maximum atomic E-state index is 12.6. The van der Waals surface area contributed by atoms with E-state index in [1.54, 1.807) is 60.7 Å². The first-order valence-corrected chi connectivity index (χ1v) is 10.1. The van der Waals surface area contributed by atoms with Crippen molar-refractivity contribution in [1.29, 1.82) is 0 Å². The van der Waals surface area contributed by atoms with Gasteiger partial charge in [-0.2, -0.15) is 5.10 Å². The van der Waals surface area contributed by atoms with E-state index < -0.39 is 18.0 Å². The molecule has 1 N–H and O–H groups in total. The van der Waals surface area contributed by atoms with Crippen LogP contribution in [0.1, 0.15) is 15.9 Å². The highest BCUT2D eigenvalue weighted by Crippen LogP contribution is 2.33. The lowest BCUT2D eigenvalue weighted by Crippen LogP contribution is -2.42. The van der Waals surface area contributed by atoms with E-state index in [-0.39, 0.29) is 19.1 Å². The number of hydrogen-bond donors (Lipinski definition) is 1. The summed E-state index contributed by atoms with van der Waals surface area (Å²) in [5.74, 6) is 1.39. The van der Waals surface area contributed by atoms with Crippen LogP contribution in [0.25, 0.3) is 0 Å². The fourth-order valence-electron chi connectivity index (χ4n) is 3.25. The lowest BCUT2D eigenvalue weighted by Gasteiger charge is -2.24. The molecule has 0 radical (unpaired) electrons. The summed E-state index contributed by atoms with van der Waals surface area (Å²) in [6, 6.07) is 18.7. The van der Waals surface area contributed by atoms with Crippen molar-refractivity contribution in [3.63, 3.8) is 0 Å². The number of amides is 1. The van der Waals surface area contributed by atoms with Crippen LogP contribution in [0.15, 0.2) is 71.8 Å². The number of carbonyl (C=O) groups is 2. The van der Waals surface area contributed by atoms with E-state index in [0.29, 0.717) is 34.1 Å². The molecule has 0 saturated carbocycles. The van der Waals surface area contributed by atoms with Crippen molar-refractivity contribution in [1.82, 2.24) is 5.43 Å². The highest BCUT2D eigenvalue weighted by atomic mass is 16.7. The number of hydrogen-bond acceptors (Lipinski definition) is 8.